The van der Waals surface area contributed by atoms with E-state index in [0.717, 1.165) is 37.8 Å². The fraction of sp³-hybridized carbons (Fsp3) is 0.522. The molecular formula is C23H31N5O2. The average molecular weight is 410 g/mol. The second-order valence-corrected chi connectivity index (χ2v) is 7.89. The van der Waals surface area contributed by atoms with Crippen LogP contribution in [-0.2, 0) is 30.9 Å². The van der Waals surface area contributed by atoms with E-state index in [1.807, 2.05) is 24.4 Å². The van der Waals surface area contributed by atoms with Gasteiger partial charge in [0.15, 0.2) is 5.82 Å². The summed E-state index contributed by atoms with van der Waals surface area (Å²) in [6, 6.07) is 10.4. The number of hydrogen-bond acceptors (Lipinski definition) is 6. The molecule has 1 aromatic carbocycles. The quantitative estimate of drug-likeness (QED) is 0.496. The molecule has 4 rings (SSSR count). The standard InChI is InChI=1S/C23H31N5O2/c1-3-28-18(2)20(15-24-28)16-27-13-8-7-11-21(27)23-25-22(26-30-23)12-14-29-17-19-9-5-4-6-10-19/h4-6,9-10,15,21H,3,7-8,11-14,16-17H2,1-2H3. The van der Waals surface area contributed by atoms with E-state index in [-0.39, 0.29) is 6.04 Å². The average Bonchev–Trinajstić information content (AvgIpc) is 3.39. The van der Waals surface area contributed by atoms with Gasteiger partial charge in [-0.1, -0.05) is 41.9 Å². The number of ether oxygens (including phenoxy) is 1. The summed E-state index contributed by atoms with van der Waals surface area (Å²) in [4.78, 5) is 7.15. The minimum atomic E-state index is 0.176. The first-order valence-corrected chi connectivity index (χ1v) is 10.9. The molecule has 0 amide bonds. The molecule has 0 spiro atoms. The molecule has 1 unspecified atom stereocenters. The van der Waals surface area contributed by atoms with E-state index in [0.29, 0.717) is 19.6 Å². The normalized spacial score (nSPS) is 17.5. The second kappa shape index (κ2) is 10.00. The van der Waals surface area contributed by atoms with Crippen molar-refractivity contribution >= 4 is 0 Å². The highest BCUT2D eigenvalue weighted by Crippen LogP contribution is 2.31. The maximum absolute atomic E-state index is 5.76. The summed E-state index contributed by atoms with van der Waals surface area (Å²) in [5, 5.41) is 8.69. The van der Waals surface area contributed by atoms with Crippen LogP contribution in [0.2, 0.25) is 0 Å². The van der Waals surface area contributed by atoms with Gasteiger partial charge in [0.05, 0.1) is 25.5 Å². The van der Waals surface area contributed by atoms with Crippen molar-refractivity contribution < 1.29 is 9.26 Å². The number of benzene rings is 1. The Bertz CT molecular complexity index is 921. The van der Waals surface area contributed by atoms with Gasteiger partial charge >= 0.3 is 0 Å². The van der Waals surface area contributed by atoms with Gasteiger partial charge in [0.25, 0.3) is 0 Å². The first-order valence-electron chi connectivity index (χ1n) is 10.9. The lowest BCUT2D eigenvalue weighted by molar-refractivity contribution is 0.111. The molecule has 1 atom stereocenters. The Balaban J connectivity index is 1.34. The lowest BCUT2D eigenvalue weighted by atomic mass is 10.0. The van der Waals surface area contributed by atoms with Crippen LogP contribution < -0.4 is 0 Å². The van der Waals surface area contributed by atoms with E-state index in [4.69, 9.17) is 14.2 Å². The van der Waals surface area contributed by atoms with Crippen molar-refractivity contribution in [1.82, 2.24) is 24.8 Å². The predicted molar refractivity (Wildman–Crippen MR) is 114 cm³/mol. The number of hydrogen-bond donors (Lipinski definition) is 0. The lowest BCUT2D eigenvalue weighted by Crippen LogP contribution is -2.33. The molecular weight excluding hydrogens is 378 g/mol. The van der Waals surface area contributed by atoms with Crippen LogP contribution >= 0.6 is 0 Å². The Kier molecular flexibility index (Phi) is 6.92. The van der Waals surface area contributed by atoms with Crippen molar-refractivity contribution in [2.24, 2.45) is 0 Å². The largest absolute Gasteiger partial charge is 0.376 e. The Morgan fingerprint density at radius 2 is 2.07 bits per heavy atom. The number of aryl methyl sites for hydroxylation is 1. The van der Waals surface area contributed by atoms with Gasteiger partial charge in [0.1, 0.15) is 0 Å². The van der Waals surface area contributed by atoms with Gasteiger partial charge in [-0.15, -0.1) is 0 Å². The van der Waals surface area contributed by atoms with Gasteiger partial charge in [-0.25, -0.2) is 0 Å². The number of piperidine rings is 1. The highest BCUT2D eigenvalue weighted by atomic mass is 16.5. The van der Waals surface area contributed by atoms with Crippen LogP contribution in [0.1, 0.15) is 60.8 Å². The highest BCUT2D eigenvalue weighted by molar-refractivity contribution is 5.16. The zero-order valence-electron chi connectivity index (χ0n) is 18.0. The summed E-state index contributed by atoms with van der Waals surface area (Å²) in [6.07, 6.45) is 6.09. The van der Waals surface area contributed by atoms with Crippen LogP contribution in [0.15, 0.2) is 41.1 Å². The third-order valence-electron chi connectivity index (χ3n) is 5.84. The predicted octanol–water partition coefficient (Wildman–Crippen LogP) is 4.08. The van der Waals surface area contributed by atoms with Gasteiger partial charge < -0.3 is 9.26 Å². The number of nitrogens with zero attached hydrogens (tertiary/aromatic N) is 5. The molecule has 7 heteroatoms. The van der Waals surface area contributed by atoms with Crippen LogP contribution in [0.3, 0.4) is 0 Å². The molecule has 0 saturated carbocycles. The van der Waals surface area contributed by atoms with Gasteiger partial charge in [-0.05, 0) is 38.8 Å². The molecule has 7 nitrogen and oxygen atoms in total. The van der Waals surface area contributed by atoms with Crippen molar-refractivity contribution in [3.8, 4) is 0 Å². The third-order valence-corrected chi connectivity index (χ3v) is 5.84. The second-order valence-electron chi connectivity index (χ2n) is 7.89. The Morgan fingerprint density at radius 1 is 1.20 bits per heavy atom. The van der Waals surface area contributed by atoms with E-state index in [9.17, 15) is 0 Å². The Labute approximate surface area is 178 Å². The highest BCUT2D eigenvalue weighted by Gasteiger charge is 2.29. The molecule has 2 aromatic heterocycles. The zero-order valence-corrected chi connectivity index (χ0v) is 18.0. The molecule has 1 saturated heterocycles. The smallest absolute Gasteiger partial charge is 0.244 e. The molecule has 3 aromatic rings. The van der Waals surface area contributed by atoms with Crippen molar-refractivity contribution in [2.75, 3.05) is 13.2 Å². The third kappa shape index (κ3) is 4.96. The van der Waals surface area contributed by atoms with Gasteiger partial charge in [0, 0.05) is 30.8 Å². The first-order chi connectivity index (χ1) is 14.7. The molecule has 30 heavy (non-hydrogen) atoms. The molecule has 1 aliphatic heterocycles. The van der Waals surface area contributed by atoms with Crippen LogP contribution in [0, 0.1) is 6.92 Å². The van der Waals surface area contributed by atoms with E-state index in [1.165, 1.54) is 29.7 Å². The summed E-state index contributed by atoms with van der Waals surface area (Å²) < 4.78 is 13.5. The van der Waals surface area contributed by atoms with Crippen LogP contribution in [-0.4, -0.2) is 38.0 Å². The molecule has 160 valence electrons. The fourth-order valence-electron chi connectivity index (χ4n) is 4.07. The topological polar surface area (TPSA) is 69.2 Å². The first kappa shape index (κ1) is 20.8. The summed E-state index contributed by atoms with van der Waals surface area (Å²) >= 11 is 0. The molecule has 3 heterocycles. The minimum absolute atomic E-state index is 0.176. The van der Waals surface area contributed by atoms with E-state index >= 15 is 0 Å². The van der Waals surface area contributed by atoms with Crippen molar-refractivity contribution in [1.29, 1.82) is 0 Å². The van der Waals surface area contributed by atoms with E-state index in [2.05, 4.69) is 45.8 Å². The molecule has 0 bridgehead atoms. The summed E-state index contributed by atoms with van der Waals surface area (Å²) in [5.41, 5.74) is 3.69. The molecule has 0 radical (unpaired) electrons. The number of likely N-dealkylation sites (tertiary alicyclic amines) is 1. The minimum Gasteiger partial charge on any atom is -0.376 e. The Morgan fingerprint density at radius 3 is 2.87 bits per heavy atom. The van der Waals surface area contributed by atoms with Crippen molar-refractivity contribution in [3.63, 3.8) is 0 Å². The fourth-order valence-corrected chi connectivity index (χ4v) is 4.07. The monoisotopic (exact) mass is 409 g/mol. The number of aromatic nitrogens is 4. The van der Waals surface area contributed by atoms with E-state index < -0.39 is 0 Å². The van der Waals surface area contributed by atoms with Crippen LogP contribution in [0.4, 0.5) is 0 Å². The molecule has 1 aliphatic rings. The van der Waals surface area contributed by atoms with Crippen LogP contribution in [0.5, 0.6) is 0 Å². The lowest BCUT2D eigenvalue weighted by Gasteiger charge is -2.33. The van der Waals surface area contributed by atoms with E-state index in [1.54, 1.807) is 0 Å². The Hall–Kier alpha value is -2.51. The SMILES string of the molecule is CCn1ncc(CN2CCCCC2c2nc(CCOCc3ccccc3)no2)c1C. The molecule has 0 aliphatic carbocycles. The maximum Gasteiger partial charge on any atom is 0.244 e. The van der Waals surface area contributed by atoms with Crippen molar-refractivity contribution in [3.05, 3.63) is 65.1 Å². The van der Waals surface area contributed by atoms with Crippen molar-refractivity contribution in [2.45, 2.75) is 65.3 Å². The van der Waals surface area contributed by atoms with Gasteiger partial charge in [0.2, 0.25) is 5.89 Å². The molecule has 1 fully saturated rings. The van der Waals surface area contributed by atoms with Crippen LogP contribution in [0.25, 0.3) is 0 Å². The maximum atomic E-state index is 5.76. The summed E-state index contributed by atoms with van der Waals surface area (Å²) in [7, 11) is 0. The molecule has 0 N–H and O–H groups in total. The summed E-state index contributed by atoms with van der Waals surface area (Å²) in [6.45, 7) is 8.26. The summed E-state index contributed by atoms with van der Waals surface area (Å²) in [5.74, 6) is 1.45. The van der Waals surface area contributed by atoms with Gasteiger partial charge in [-0.3, -0.25) is 9.58 Å². The number of rotatable bonds is 9. The zero-order chi connectivity index (χ0) is 20.8. The van der Waals surface area contributed by atoms with Gasteiger partial charge in [-0.2, -0.15) is 10.1 Å².